The number of methoxy groups -OCH3 is 1. The number of carbonyl (C=O) groups excluding carboxylic acids is 1. The van der Waals surface area contributed by atoms with Crippen molar-refractivity contribution in [1.29, 1.82) is 0 Å². The monoisotopic (exact) mass is 427 g/mol. The van der Waals surface area contributed by atoms with Crippen molar-refractivity contribution in [1.82, 2.24) is 4.72 Å². The van der Waals surface area contributed by atoms with Gasteiger partial charge in [-0.25, -0.2) is 4.79 Å². The summed E-state index contributed by atoms with van der Waals surface area (Å²) in [4.78, 5) is 11.9. The van der Waals surface area contributed by atoms with E-state index in [9.17, 15) is 4.79 Å². The molecule has 3 atom stereocenters. The van der Waals surface area contributed by atoms with Gasteiger partial charge >= 0.3 is 0 Å². The fourth-order valence-corrected chi connectivity index (χ4v) is 5.28. The standard InChI is InChI=1S/C22H34ClNO3S/c1-16(2)19(27-15-26-6)20(24-28(14-25)21(3,4)5)22(12-7-13-22)17-8-10-18(23)11-9-17/h8-11,16,19-20,24H,7,12-13,15H2,1-6H3. The van der Waals surface area contributed by atoms with Crippen LogP contribution in [0.4, 0.5) is 0 Å². The minimum absolute atomic E-state index is 0.0263. The summed E-state index contributed by atoms with van der Waals surface area (Å²) in [6.45, 7) is 10.8. The average molecular weight is 428 g/mol. The van der Waals surface area contributed by atoms with Crippen LogP contribution in [0.25, 0.3) is 0 Å². The van der Waals surface area contributed by atoms with E-state index in [0.717, 1.165) is 24.3 Å². The lowest BCUT2D eigenvalue weighted by Crippen LogP contribution is -2.59. The van der Waals surface area contributed by atoms with E-state index in [1.807, 2.05) is 12.1 Å². The molecule has 0 radical (unpaired) electrons. The highest BCUT2D eigenvalue weighted by molar-refractivity contribution is 8.13. The van der Waals surface area contributed by atoms with Crippen LogP contribution in [0.2, 0.25) is 5.02 Å². The van der Waals surface area contributed by atoms with Gasteiger partial charge in [0.1, 0.15) is 6.79 Å². The van der Waals surface area contributed by atoms with E-state index in [2.05, 4.69) is 56.7 Å². The average Bonchev–Trinajstić information content (AvgIpc) is 2.58. The van der Waals surface area contributed by atoms with Crippen molar-refractivity contribution >= 4 is 27.5 Å². The highest BCUT2D eigenvalue weighted by Gasteiger charge is 2.50. The first-order chi connectivity index (χ1) is 13.2. The zero-order chi connectivity index (χ0) is 20.9. The smallest absolute Gasteiger partial charge is 0.171 e. The van der Waals surface area contributed by atoms with E-state index >= 15 is 0 Å². The largest absolute Gasteiger partial charge is 0.359 e. The van der Waals surface area contributed by atoms with Crippen LogP contribution < -0.4 is 4.72 Å². The van der Waals surface area contributed by atoms with E-state index < -0.39 is 10.7 Å². The number of nitrogens with one attached hydrogen (secondary N) is 1. The van der Waals surface area contributed by atoms with Crippen LogP contribution in [-0.2, 0) is 19.7 Å². The molecule has 0 aromatic heterocycles. The first-order valence-electron chi connectivity index (χ1n) is 9.90. The van der Waals surface area contributed by atoms with Gasteiger partial charge in [0, 0.05) is 22.3 Å². The second-order valence-electron chi connectivity index (χ2n) is 8.90. The molecule has 0 heterocycles. The molecule has 28 heavy (non-hydrogen) atoms. The first kappa shape index (κ1) is 23.6. The molecule has 6 heteroatoms. The molecule has 1 fully saturated rings. The van der Waals surface area contributed by atoms with E-state index in [4.69, 9.17) is 21.1 Å². The van der Waals surface area contributed by atoms with Crippen LogP contribution in [0.5, 0.6) is 0 Å². The molecule has 1 saturated carbocycles. The summed E-state index contributed by atoms with van der Waals surface area (Å²) in [5, 5.41) is 2.99. The Balaban J connectivity index is 2.51. The molecule has 0 bridgehead atoms. The summed E-state index contributed by atoms with van der Waals surface area (Å²) in [5.74, 6) is 0.259. The third-order valence-corrected chi connectivity index (χ3v) is 7.70. The molecule has 0 spiro atoms. The van der Waals surface area contributed by atoms with Crippen LogP contribution >= 0.6 is 22.3 Å². The van der Waals surface area contributed by atoms with Crippen molar-refractivity contribution in [3.05, 3.63) is 34.9 Å². The minimum atomic E-state index is -0.716. The molecule has 0 amide bonds. The lowest BCUT2D eigenvalue weighted by molar-refractivity contribution is -0.111. The quantitative estimate of drug-likeness (QED) is 0.422. The zero-order valence-corrected chi connectivity index (χ0v) is 19.5. The normalized spacial score (nSPS) is 19.6. The molecular formula is C22H34ClNO3S. The Morgan fingerprint density at radius 2 is 1.86 bits per heavy atom. The maximum Gasteiger partial charge on any atom is 0.171 e. The van der Waals surface area contributed by atoms with Crippen molar-refractivity contribution < 1.29 is 14.3 Å². The number of hydrogen-bond acceptors (Lipinski definition) is 4. The topological polar surface area (TPSA) is 47.6 Å². The van der Waals surface area contributed by atoms with Crippen LogP contribution in [0.1, 0.15) is 59.4 Å². The lowest BCUT2D eigenvalue weighted by atomic mass is 9.58. The number of ether oxygens (including phenoxy) is 2. The molecule has 4 nitrogen and oxygen atoms in total. The predicted molar refractivity (Wildman–Crippen MR) is 119 cm³/mol. The highest BCUT2D eigenvalue weighted by atomic mass is 35.5. The molecule has 0 saturated heterocycles. The second-order valence-corrected chi connectivity index (χ2v) is 11.6. The van der Waals surface area contributed by atoms with Crippen molar-refractivity contribution in [3.8, 4) is 0 Å². The second kappa shape index (κ2) is 9.88. The SMILES string of the molecule is COCOC(C(C)C)C(NS(=C=O)C(C)(C)C)C1(c2ccc(Cl)cc2)CCC1. The summed E-state index contributed by atoms with van der Waals surface area (Å²) < 4.78 is 14.8. The zero-order valence-electron chi connectivity index (χ0n) is 17.9. The molecule has 2 rings (SSSR count). The van der Waals surface area contributed by atoms with E-state index in [0.29, 0.717) is 0 Å². The predicted octanol–water partition coefficient (Wildman–Crippen LogP) is 5.41. The molecule has 1 aliphatic rings. The highest BCUT2D eigenvalue weighted by Crippen LogP contribution is 2.50. The Morgan fingerprint density at radius 1 is 1.25 bits per heavy atom. The van der Waals surface area contributed by atoms with Crippen LogP contribution in [0.15, 0.2) is 24.3 Å². The van der Waals surface area contributed by atoms with Gasteiger partial charge < -0.3 is 9.47 Å². The first-order valence-corrected chi connectivity index (χ1v) is 11.5. The van der Waals surface area contributed by atoms with Gasteiger partial charge in [0.25, 0.3) is 0 Å². The summed E-state index contributed by atoms with van der Waals surface area (Å²) in [6, 6.07) is 8.10. The third-order valence-electron chi connectivity index (χ3n) is 5.56. The minimum Gasteiger partial charge on any atom is -0.359 e. The number of hydrogen-bond donors (Lipinski definition) is 1. The maximum atomic E-state index is 11.9. The maximum absolute atomic E-state index is 11.9. The Morgan fingerprint density at radius 3 is 2.25 bits per heavy atom. The van der Waals surface area contributed by atoms with Gasteiger partial charge in [-0.15, -0.1) is 0 Å². The van der Waals surface area contributed by atoms with Crippen molar-refractivity contribution in [2.75, 3.05) is 13.9 Å². The Bertz CT molecular complexity index is 689. The van der Waals surface area contributed by atoms with Crippen LogP contribution in [0, 0.1) is 5.92 Å². The fourth-order valence-electron chi connectivity index (χ4n) is 3.89. The molecule has 1 aromatic rings. The summed E-state index contributed by atoms with van der Waals surface area (Å²) in [6.07, 6.45) is 3.16. The molecule has 0 aliphatic heterocycles. The number of rotatable bonds is 9. The van der Waals surface area contributed by atoms with Crippen molar-refractivity contribution in [2.45, 2.75) is 76.2 Å². The number of benzene rings is 1. The summed E-state index contributed by atoms with van der Waals surface area (Å²) >= 11 is 6.14. The Hall–Kier alpha value is -0.680. The van der Waals surface area contributed by atoms with Gasteiger partial charge in [0.15, 0.2) is 5.23 Å². The Kier molecular flexibility index (Phi) is 8.33. The van der Waals surface area contributed by atoms with Gasteiger partial charge in [-0.05, 0) is 67.9 Å². The van der Waals surface area contributed by atoms with Gasteiger partial charge in [-0.1, -0.05) is 44.0 Å². The molecule has 158 valence electrons. The molecule has 1 aliphatic carbocycles. The molecule has 1 aromatic carbocycles. The summed E-state index contributed by atoms with van der Waals surface area (Å²) in [5.41, 5.74) is 1.15. The van der Waals surface area contributed by atoms with Gasteiger partial charge in [-0.2, -0.15) is 0 Å². The van der Waals surface area contributed by atoms with Gasteiger partial charge in [0.2, 0.25) is 0 Å². The molecular weight excluding hydrogens is 394 g/mol. The number of halogens is 1. The summed E-state index contributed by atoms with van der Waals surface area (Å²) in [7, 11) is 0.920. The van der Waals surface area contributed by atoms with Crippen LogP contribution in [0.3, 0.4) is 0 Å². The van der Waals surface area contributed by atoms with Crippen molar-refractivity contribution in [3.63, 3.8) is 0 Å². The molecule has 3 unspecified atom stereocenters. The van der Waals surface area contributed by atoms with Crippen molar-refractivity contribution in [2.24, 2.45) is 5.92 Å². The third kappa shape index (κ3) is 5.27. The van der Waals surface area contributed by atoms with E-state index in [-0.39, 0.29) is 35.0 Å². The molecule has 1 N–H and O–H groups in total. The van der Waals surface area contributed by atoms with Gasteiger partial charge in [-0.3, -0.25) is 4.72 Å². The van der Waals surface area contributed by atoms with Gasteiger partial charge in [0.05, 0.1) is 12.1 Å². The van der Waals surface area contributed by atoms with Crippen LogP contribution in [-0.4, -0.2) is 36.0 Å². The van der Waals surface area contributed by atoms with E-state index in [1.54, 1.807) is 7.11 Å². The fraction of sp³-hybridized carbons (Fsp3) is 0.682. The van der Waals surface area contributed by atoms with E-state index in [1.165, 1.54) is 5.56 Å². The lowest BCUT2D eigenvalue weighted by Gasteiger charge is -2.52. The Labute approximate surface area is 177 Å².